The van der Waals surface area contributed by atoms with Gasteiger partial charge >= 0.3 is 0 Å². The summed E-state index contributed by atoms with van der Waals surface area (Å²) in [7, 11) is 0. The van der Waals surface area contributed by atoms with E-state index in [4.69, 9.17) is 4.37 Å². The lowest BCUT2D eigenvalue weighted by Crippen LogP contribution is -2.34. The monoisotopic (exact) mass is 382 g/mol. The molecule has 0 atom stereocenters. The number of nitrogens with zero attached hydrogens (tertiary/aromatic N) is 2. The summed E-state index contributed by atoms with van der Waals surface area (Å²) in [4.78, 5) is 14.6. The molecule has 1 aromatic heterocycles. The maximum Gasteiger partial charge on any atom is 0.162 e. The summed E-state index contributed by atoms with van der Waals surface area (Å²) in [6, 6.07) is 14.3. The standard InChI is InChI=1S/C22H23FN2OS/c23-18-9-7-16(8-10-18)20(26)5-3-13-25-14-11-17(12-15-25)22-19-4-1-2-6-21(19)27-24-22/h1-2,4,6-10,17H,3,5,11-15H2. The molecule has 3 aromatic rings. The van der Waals surface area contributed by atoms with Gasteiger partial charge in [0.25, 0.3) is 0 Å². The zero-order valence-electron chi connectivity index (χ0n) is 15.2. The second-order valence-corrected chi connectivity index (χ2v) is 8.02. The number of likely N-dealkylation sites (tertiary alicyclic amines) is 1. The molecule has 1 aliphatic rings. The second kappa shape index (κ2) is 8.28. The Morgan fingerprint density at radius 1 is 1.11 bits per heavy atom. The summed E-state index contributed by atoms with van der Waals surface area (Å²) >= 11 is 1.60. The Labute approximate surface area is 163 Å². The number of halogens is 1. The first-order chi connectivity index (χ1) is 13.2. The third kappa shape index (κ3) is 4.25. The number of Topliss-reactive ketones (excluding diaryl/α,β-unsaturated/α-hetero) is 1. The molecule has 140 valence electrons. The molecule has 4 rings (SSSR count). The van der Waals surface area contributed by atoms with E-state index in [0.29, 0.717) is 17.9 Å². The minimum atomic E-state index is -0.303. The van der Waals surface area contributed by atoms with Crippen molar-refractivity contribution in [2.24, 2.45) is 0 Å². The zero-order valence-corrected chi connectivity index (χ0v) is 16.1. The number of carbonyl (C=O) groups is 1. The molecule has 0 aliphatic carbocycles. The fraction of sp³-hybridized carbons (Fsp3) is 0.364. The van der Waals surface area contributed by atoms with Crippen LogP contribution in [0, 0.1) is 5.82 Å². The molecular weight excluding hydrogens is 359 g/mol. The maximum absolute atomic E-state index is 12.9. The molecule has 0 bridgehead atoms. The van der Waals surface area contributed by atoms with Gasteiger partial charge in [0.05, 0.1) is 10.4 Å². The molecule has 0 saturated carbocycles. The normalized spacial score (nSPS) is 16.0. The van der Waals surface area contributed by atoms with E-state index in [1.165, 1.54) is 27.9 Å². The molecule has 1 aliphatic heterocycles. The van der Waals surface area contributed by atoms with E-state index in [1.807, 2.05) is 0 Å². The van der Waals surface area contributed by atoms with Crippen LogP contribution in [0.2, 0.25) is 0 Å². The van der Waals surface area contributed by atoms with Gasteiger partial charge in [0.15, 0.2) is 5.78 Å². The molecule has 1 fully saturated rings. The Hall–Kier alpha value is -2.11. The number of ketones is 1. The average molecular weight is 383 g/mol. The van der Waals surface area contributed by atoms with Crippen LogP contribution < -0.4 is 0 Å². The quantitative estimate of drug-likeness (QED) is 0.544. The molecule has 2 aromatic carbocycles. The van der Waals surface area contributed by atoms with E-state index in [-0.39, 0.29) is 11.6 Å². The van der Waals surface area contributed by atoms with Crippen molar-refractivity contribution in [2.45, 2.75) is 31.6 Å². The SMILES string of the molecule is O=C(CCCN1CCC(c2nsc3ccccc23)CC1)c1ccc(F)cc1. The number of benzene rings is 2. The van der Waals surface area contributed by atoms with Gasteiger partial charge in [-0.2, -0.15) is 4.37 Å². The van der Waals surface area contributed by atoms with Crippen LogP contribution in [0.4, 0.5) is 4.39 Å². The highest BCUT2D eigenvalue weighted by Gasteiger charge is 2.23. The van der Waals surface area contributed by atoms with Gasteiger partial charge in [-0.1, -0.05) is 18.2 Å². The summed E-state index contributed by atoms with van der Waals surface area (Å²) in [5.74, 6) is 0.333. The third-order valence-corrected chi connectivity index (χ3v) is 6.26. The lowest BCUT2D eigenvalue weighted by Gasteiger charge is -2.31. The number of hydrogen-bond acceptors (Lipinski definition) is 4. The first-order valence-electron chi connectivity index (χ1n) is 9.56. The predicted molar refractivity (Wildman–Crippen MR) is 108 cm³/mol. The molecule has 0 amide bonds. The summed E-state index contributed by atoms with van der Waals surface area (Å²) < 4.78 is 18.9. The van der Waals surface area contributed by atoms with Crippen molar-refractivity contribution < 1.29 is 9.18 Å². The van der Waals surface area contributed by atoms with Crippen molar-refractivity contribution in [1.29, 1.82) is 0 Å². The number of hydrogen-bond donors (Lipinski definition) is 0. The fourth-order valence-corrected chi connectivity index (χ4v) is 4.73. The minimum Gasteiger partial charge on any atom is -0.303 e. The molecular formula is C22H23FN2OS. The van der Waals surface area contributed by atoms with Crippen LogP contribution in [0.5, 0.6) is 0 Å². The van der Waals surface area contributed by atoms with Crippen LogP contribution in [0.15, 0.2) is 48.5 Å². The largest absolute Gasteiger partial charge is 0.303 e. The number of aromatic nitrogens is 1. The van der Waals surface area contributed by atoms with E-state index < -0.39 is 0 Å². The lowest BCUT2D eigenvalue weighted by molar-refractivity contribution is 0.0972. The lowest BCUT2D eigenvalue weighted by atomic mass is 9.91. The van der Waals surface area contributed by atoms with Gasteiger partial charge in [0, 0.05) is 23.3 Å². The summed E-state index contributed by atoms with van der Waals surface area (Å²) in [6.45, 7) is 3.06. The second-order valence-electron chi connectivity index (χ2n) is 7.21. The van der Waals surface area contributed by atoms with Crippen molar-refractivity contribution in [3.8, 4) is 0 Å². The highest BCUT2D eigenvalue weighted by molar-refractivity contribution is 7.13. The van der Waals surface area contributed by atoms with Crippen LogP contribution in [0.25, 0.3) is 10.1 Å². The molecule has 1 saturated heterocycles. The van der Waals surface area contributed by atoms with Crippen LogP contribution in [-0.2, 0) is 0 Å². The Balaban J connectivity index is 1.25. The first kappa shape index (κ1) is 18.3. The van der Waals surface area contributed by atoms with E-state index in [0.717, 1.165) is 38.9 Å². The van der Waals surface area contributed by atoms with Gasteiger partial charge in [-0.05, 0) is 80.8 Å². The molecule has 0 radical (unpaired) electrons. The fourth-order valence-electron chi connectivity index (χ4n) is 3.87. The molecule has 27 heavy (non-hydrogen) atoms. The van der Waals surface area contributed by atoms with Crippen LogP contribution in [0.1, 0.15) is 47.7 Å². The smallest absolute Gasteiger partial charge is 0.162 e. The zero-order chi connectivity index (χ0) is 18.6. The first-order valence-corrected chi connectivity index (χ1v) is 10.3. The van der Waals surface area contributed by atoms with Crippen molar-refractivity contribution >= 4 is 27.4 Å². The van der Waals surface area contributed by atoms with Crippen LogP contribution in [-0.4, -0.2) is 34.7 Å². The molecule has 5 heteroatoms. The van der Waals surface area contributed by atoms with E-state index in [1.54, 1.807) is 23.7 Å². The predicted octanol–water partition coefficient (Wildman–Crippen LogP) is 5.28. The highest BCUT2D eigenvalue weighted by Crippen LogP contribution is 2.34. The number of carbonyl (C=O) groups excluding carboxylic acids is 1. The molecule has 0 unspecified atom stereocenters. The molecule has 0 N–H and O–H groups in total. The van der Waals surface area contributed by atoms with E-state index >= 15 is 0 Å². The Morgan fingerprint density at radius 2 is 1.85 bits per heavy atom. The van der Waals surface area contributed by atoms with Crippen molar-refractivity contribution in [2.75, 3.05) is 19.6 Å². The molecule has 3 nitrogen and oxygen atoms in total. The Morgan fingerprint density at radius 3 is 2.63 bits per heavy atom. The van der Waals surface area contributed by atoms with Crippen LogP contribution >= 0.6 is 11.5 Å². The van der Waals surface area contributed by atoms with Crippen molar-refractivity contribution in [1.82, 2.24) is 9.27 Å². The van der Waals surface area contributed by atoms with Gasteiger partial charge in [-0.3, -0.25) is 4.79 Å². The summed E-state index contributed by atoms with van der Waals surface area (Å²) in [6.07, 6.45) is 3.61. The maximum atomic E-state index is 12.9. The van der Waals surface area contributed by atoms with Gasteiger partial charge in [-0.15, -0.1) is 0 Å². The Bertz CT molecular complexity index is 913. The Kier molecular flexibility index (Phi) is 5.60. The summed E-state index contributed by atoms with van der Waals surface area (Å²) in [5, 5.41) is 1.31. The minimum absolute atomic E-state index is 0.0961. The average Bonchev–Trinajstić information content (AvgIpc) is 3.13. The summed E-state index contributed by atoms with van der Waals surface area (Å²) in [5.41, 5.74) is 1.87. The topological polar surface area (TPSA) is 33.2 Å². The number of rotatable bonds is 6. The van der Waals surface area contributed by atoms with E-state index in [9.17, 15) is 9.18 Å². The van der Waals surface area contributed by atoms with Gasteiger partial charge in [0.1, 0.15) is 5.82 Å². The molecule has 0 spiro atoms. The highest BCUT2D eigenvalue weighted by atomic mass is 32.1. The number of piperidine rings is 1. The van der Waals surface area contributed by atoms with Crippen molar-refractivity contribution in [3.63, 3.8) is 0 Å². The van der Waals surface area contributed by atoms with Crippen molar-refractivity contribution in [3.05, 3.63) is 65.6 Å². The number of fused-ring (bicyclic) bond motifs is 1. The van der Waals surface area contributed by atoms with Gasteiger partial charge in [-0.25, -0.2) is 4.39 Å². The molecule has 2 heterocycles. The van der Waals surface area contributed by atoms with Gasteiger partial charge in [0.2, 0.25) is 0 Å². The van der Waals surface area contributed by atoms with Gasteiger partial charge < -0.3 is 4.90 Å². The van der Waals surface area contributed by atoms with Crippen LogP contribution in [0.3, 0.4) is 0 Å². The third-order valence-electron chi connectivity index (χ3n) is 5.42. The van der Waals surface area contributed by atoms with E-state index in [2.05, 4.69) is 29.2 Å².